The van der Waals surface area contributed by atoms with E-state index in [1.54, 1.807) is 0 Å². The predicted molar refractivity (Wildman–Crippen MR) is 54.0 cm³/mol. The lowest BCUT2D eigenvalue weighted by Gasteiger charge is -2.21. The van der Waals surface area contributed by atoms with E-state index in [1.807, 2.05) is 4.90 Å². The van der Waals surface area contributed by atoms with E-state index in [-0.39, 0.29) is 11.3 Å². The molecule has 1 aliphatic carbocycles. The minimum atomic E-state index is 0.0711. The van der Waals surface area contributed by atoms with E-state index < -0.39 is 0 Å². The summed E-state index contributed by atoms with van der Waals surface area (Å²) >= 11 is 0. The van der Waals surface area contributed by atoms with Crippen LogP contribution in [0.25, 0.3) is 0 Å². The summed E-state index contributed by atoms with van der Waals surface area (Å²) in [5.74, 6) is 0.784. The summed E-state index contributed by atoms with van der Waals surface area (Å²) in [7, 11) is 0. The highest BCUT2D eigenvalue weighted by Crippen LogP contribution is 2.39. The number of nitrogens with zero attached hydrogens (tertiary/aromatic N) is 1. The molecule has 0 aromatic carbocycles. The third kappa shape index (κ3) is 1.52. The van der Waals surface area contributed by atoms with Crippen molar-refractivity contribution < 1.29 is 9.59 Å². The molecule has 15 heavy (non-hydrogen) atoms. The van der Waals surface area contributed by atoms with Gasteiger partial charge in [-0.05, 0) is 19.3 Å². The molecule has 2 amide bonds. The van der Waals surface area contributed by atoms with Crippen LogP contribution in [0.1, 0.15) is 25.7 Å². The molecule has 4 nitrogen and oxygen atoms in total. The third-order valence-electron chi connectivity index (χ3n) is 3.87. The fraction of sp³-hybridized carbons (Fsp3) is 0.818. The van der Waals surface area contributed by atoms with Crippen LogP contribution in [0.4, 0.5) is 0 Å². The first-order valence-corrected chi connectivity index (χ1v) is 5.74. The van der Waals surface area contributed by atoms with Crippen LogP contribution >= 0.6 is 0 Å². The van der Waals surface area contributed by atoms with Gasteiger partial charge < -0.3 is 10.2 Å². The minimum absolute atomic E-state index is 0.0711. The first kappa shape index (κ1) is 9.19. The highest BCUT2D eigenvalue weighted by atomic mass is 16.2. The van der Waals surface area contributed by atoms with Crippen LogP contribution in [-0.4, -0.2) is 36.3 Å². The van der Waals surface area contributed by atoms with Crippen molar-refractivity contribution in [2.24, 2.45) is 11.3 Å². The first-order valence-electron chi connectivity index (χ1n) is 5.74. The van der Waals surface area contributed by atoms with Gasteiger partial charge in [-0.15, -0.1) is 0 Å². The zero-order valence-corrected chi connectivity index (χ0v) is 8.79. The Bertz CT molecular complexity index is 325. The molecule has 2 aliphatic heterocycles. The van der Waals surface area contributed by atoms with Crippen molar-refractivity contribution >= 4 is 11.8 Å². The second kappa shape index (κ2) is 2.97. The van der Waals surface area contributed by atoms with Gasteiger partial charge in [-0.3, -0.25) is 9.59 Å². The van der Waals surface area contributed by atoms with E-state index in [4.69, 9.17) is 0 Å². The van der Waals surface area contributed by atoms with E-state index in [0.717, 1.165) is 38.9 Å². The van der Waals surface area contributed by atoms with Crippen molar-refractivity contribution in [3.8, 4) is 0 Å². The zero-order chi connectivity index (χ0) is 10.5. The van der Waals surface area contributed by atoms with E-state index in [9.17, 15) is 9.59 Å². The Labute approximate surface area is 89.0 Å². The van der Waals surface area contributed by atoms with Gasteiger partial charge in [0.2, 0.25) is 11.8 Å². The van der Waals surface area contributed by atoms with Crippen LogP contribution in [0.15, 0.2) is 0 Å². The Balaban J connectivity index is 1.67. The number of amides is 2. The van der Waals surface area contributed by atoms with Crippen molar-refractivity contribution in [2.75, 3.05) is 19.6 Å². The molecule has 0 bridgehead atoms. The molecule has 3 rings (SSSR count). The SMILES string of the molecule is O=C1CC2(CCN(C(=O)C3CC3)C2)CN1. The fourth-order valence-electron chi connectivity index (χ4n) is 2.75. The second-order valence-corrected chi connectivity index (χ2v) is 5.24. The summed E-state index contributed by atoms with van der Waals surface area (Å²) in [5, 5.41) is 2.88. The van der Waals surface area contributed by atoms with Gasteiger partial charge in [0.15, 0.2) is 0 Å². The number of rotatable bonds is 1. The summed E-state index contributed by atoms with van der Waals surface area (Å²) in [6.07, 6.45) is 3.74. The van der Waals surface area contributed by atoms with Crippen molar-refractivity contribution in [3.05, 3.63) is 0 Å². The molecule has 1 atom stereocenters. The largest absolute Gasteiger partial charge is 0.355 e. The molecule has 82 valence electrons. The summed E-state index contributed by atoms with van der Waals surface area (Å²) in [5.41, 5.74) is 0.0711. The quantitative estimate of drug-likeness (QED) is 0.666. The maximum Gasteiger partial charge on any atom is 0.225 e. The summed E-state index contributed by atoms with van der Waals surface area (Å²) in [6, 6.07) is 0. The van der Waals surface area contributed by atoms with E-state index >= 15 is 0 Å². The molecule has 4 heteroatoms. The molecule has 1 spiro atoms. The van der Waals surface area contributed by atoms with Gasteiger partial charge in [-0.25, -0.2) is 0 Å². The second-order valence-electron chi connectivity index (χ2n) is 5.24. The molecule has 3 fully saturated rings. The Morgan fingerprint density at radius 3 is 2.87 bits per heavy atom. The Hall–Kier alpha value is -1.06. The van der Waals surface area contributed by atoms with Crippen LogP contribution in [0, 0.1) is 11.3 Å². The zero-order valence-electron chi connectivity index (χ0n) is 8.79. The maximum atomic E-state index is 11.8. The highest BCUT2D eigenvalue weighted by Gasteiger charge is 2.47. The molecular formula is C11H16N2O2. The fourth-order valence-corrected chi connectivity index (χ4v) is 2.75. The van der Waals surface area contributed by atoms with Crippen LogP contribution in [0.3, 0.4) is 0 Å². The Morgan fingerprint density at radius 2 is 2.27 bits per heavy atom. The molecule has 0 aromatic heterocycles. The summed E-state index contributed by atoms with van der Waals surface area (Å²) in [4.78, 5) is 25.0. The predicted octanol–water partition coefficient (Wildman–Crippen LogP) is 0.135. The van der Waals surface area contributed by atoms with E-state index in [0.29, 0.717) is 18.2 Å². The highest BCUT2D eigenvalue weighted by molar-refractivity contribution is 5.82. The molecule has 2 saturated heterocycles. The van der Waals surface area contributed by atoms with Gasteiger partial charge in [0.1, 0.15) is 0 Å². The van der Waals surface area contributed by atoms with Crippen LogP contribution in [-0.2, 0) is 9.59 Å². The third-order valence-corrected chi connectivity index (χ3v) is 3.87. The van der Waals surface area contributed by atoms with Gasteiger partial charge in [0.25, 0.3) is 0 Å². The van der Waals surface area contributed by atoms with Crippen molar-refractivity contribution in [1.82, 2.24) is 10.2 Å². The van der Waals surface area contributed by atoms with Gasteiger partial charge in [0.05, 0.1) is 0 Å². The number of hydrogen-bond donors (Lipinski definition) is 1. The van der Waals surface area contributed by atoms with Gasteiger partial charge in [-0.1, -0.05) is 0 Å². The monoisotopic (exact) mass is 208 g/mol. The molecule has 1 saturated carbocycles. The Kier molecular flexibility index (Phi) is 1.82. The first-order chi connectivity index (χ1) is 7.19. The van der Waals surface area contributed by atoms with Crippen LogP contribution < -0.4 is 5.32 Å². The van der Waals surface area contributed by atoms with E-state index in [1.165, 1.54) is 0 Å². The standard InChI is InChI=1S/C11H16N2O2/c14-9-5-11(6-12-9)3-4-13(7-11)10(15)8-1-2-8/h8H,1-7H2,(H,12,14). The number of nitrogens with one attached hydrogen (secondary N) is 1. The molecule has 0 radical (unpaired) electrons. The minimum Gasteiger partial charge on any atom is -0.355 e. The average Bonchev–Trinajstić information content (AvgIpc) is 2.90. The van der Waals surface area contributed by atoms with E-state index in [2.05, 4.69) is 5.32 Å². The van der Waals surface area contributed by atoms with Gasteiger partial charge >= 0.3 is 0 Å². The lowest BCUT2D eigenvalue weighted by atomic mass is 9.86. The number of hydrogen-bond acceptors (Lipinski definition) is 2. The van der Waals surface area contributed by atoms with Gasteiger partial charge in [0, 0.05) is 37.4 Å². The molecule has 1 N–H and O–H groups in total. The summed E-state index contributed by atoms with van der Waals surface area (Å²) in [6.45, 7) is 2.41. The molecule has 2 heterocycles. The Morgan fingerprint density at radius 1 is 1.47 bits per heavy atom. The molecule has 0 aromatic rings. The van der Waals surface area contributed by atoms with Crippen molar-refractivity contribution in [2.45, 2.75) is 25.7 Å². The van der Waals surface area contributed by atoms with Crippen molar-refractivity contribution in [3.63, 3.8) is 0 Å². The lowest BCUT2D eigenvalue weighted by Crippen LogP contribution is -2.34. The van der Waals surface area contributed by atoms with Gasteiger partial charge in [-0.2, -0.15) is 0 Å². The normalized spacial score (nSPS) is 34.9. The topological polar surface area (TPSA) is 49.4 Å². The lowest BCUT2D eigenvalue weighted by molar-refractivity contribution is -0.132. The smallest absolute Gasteiger partial charge is 0.225 e. The van der Waals surface area contributed by atoms with Crippen LogP contribution in [0.2, 0.25) is 0 Å². The average molecular weight is 208 g/mol. The molecule has 3 aliphatic rings. The van der Waals surface area contributed by atoms with Crippen LogP contribution in [0.5, 0.6) is 0 Å². The maximum absolute atomic E-state index is 11.8. The number of likely N-dealkylation sites (tertiary alicyclic amines) is 1. The number of carbonyl (C=O) groups excluding carboxylic acids is 2. The molecular weight excluding hydrogens is 192 g/mol. The summed E-state index contributed by atoms with van der Waals surface area (Å²) < 4.78 is 0. The molecule has 1 unspecified atom stereocenters. The number of carbonyl (C=O) groups is 2. The van der Waals surface area contributed by atoms with Crippen molar-refractivity contribution in [1.29, 1.82) is 0 Å².